The van der Waals surface area contributed by atoms with E-state index in [2.05, 4.69) is 15.4 Å². The van der Waals surface area contributed by atoms with Crippen molar-refractivity contribution in [1.82, 2.24) is 20.1 Å². The lowest BCUT2D eigenvalue weighted by Gasteiger charge is -2.09. The van der Waals surface area contributed by atoms with Gasteiger partial charge in [0, 0.05) is 12.1 Å². The molecule has 0 saturated carbocycles. The molecule has 0 radical (unpaired) electrons. The maximum absolute atomic E-state index is 12.9. The molecular weight excluding hydrogens is 420 g/mol. The fraction of sp³-hybridized carbons (Fsp3) is 0.160. The topological polar surface area (TPSA) is 87.5 Å². The van der Waals surface area contributed by atoms with Crippen LogP contribution in [0.15, 0.2) is 72.8 Å². The highest BCUT2D eigenvalue weighted by Gasteiger charge is 2.19. The second-order valence-corrected chi connectivity index (χ2v) is 7.11. The van der Waals surface area contributed by atoms with Crippen molar-refractivity contribution in [3.8, 4) is 34.3 Å². The first kappa shape index (κ1) is 21.9. The van der Waals surface area contributed by atoms with Gasteiger partial charge in [0.05, 0.1) is 27.0 Å². The molecule has 1 heterocycles. The summed E-state index contributed by atoms with van der Waals surface area (Å²) in [7, 11) is 4.75. The molecule has 3 aromatic carbocycles. The predicted molar refractivity (Wildman–Crippen MR) is 124 cm³/mol. The van der Waals surface area contributed by atoms with Crippen molar-refractivity contribution >= 4 is 5.91 Å². The smallest absolute Gasteiger partial charge is 0.291 e. The van der Waals surface area contributed by atoms with Crippen LogP contribution in [0.1, 0.15) is 16.2 Å². The summed E-state index contributed by atoms with van der Waals surface area (Å²) in [6, 6.07) is 22.5. The van der Waals surface area contributed by atoms with Crippen LogP contribution >= 0.6 is 0 Å². The molecule has 0 aliphatic carbocycles. The van der Waals surface area contributed by atoms with E-state index in [4.69, 9.17) is 14.2 Å². The summed E-state index contributed by atoms with van der Waals surface area (Å²) in [6.45, 7) is 0.285. The van der Waals surface area contributed by atoms with Gasteiger partial charge in [0.25, 0.3) is 5.91 Å². The Morgan fingerprint density at radius 2 is 1.67 bits per heavy atom. The zero-order valence-corrected chi connectivity index (χ0v) is 18.6. The number of nitrogens with zero attached hydrogens (tertiary/aromatic N) is 3. The third kappa shape index (κ3) is 4.79. The van der Waals surface area contributed by atoms with Crippen LogP contribution < -0.4 is 19.5 Å². The Hall–Kier alpha value is -4.33. The molecule has 0 aliphatic rings. The minimum atomic E-state index is -0.386. The normalized spacial score (nSPS) is 10.5. The second kappa shape index (κ2) is 9.86. The molecule has 0 bridgehead atoms. The highest BCUT2D eigenvalue weighted by Crippen LogP contribution is 2.28. The van der Waals surface area contributed by atoms with Crippen LogP contribution in [-0.4, -0.2) is 42.0 Å². The van der Waals surface area contributed by atoms with Crippen molar-refractivity contribution < 1.29 is 19.0 Å². The van der Waals surface area contributed by atoms with Crippen LogP contribution in [0, 0.1) is 0 Å². The Morgan fingerprint density at radius 3 is 2.39 bits per heavy atom. The first-order valence-electron chi connectivity index (χ1n) is 10.3. The van der Waals surface area contributed by atoms with Crippen molar-refractivity contribution in [2.24, 2.45) is 0 Å². The maximum Gasteiger partial charge on any atom is 0.291 e. The number of aromatic nitrogens is 3. The molecule has 168 valence electrons. The number of rotatable bonds is 8. The highest BCUT2D eigenvalue weighted by atomic mass is 16.5. The number of hydrogen-bond acceptors (Lipinski definition) is 6. The van der Waals surface area contributed by atoms with Gasteiger partial charge in [-0.15, -0.1) is 5.10 Å². The first-order chi connectivity index (χ1) is 16.1. The van der Waals surface area contributed by atoms with E-state index in [0.717, 1.165) is 16.8 Å². The molecule has 0 unspecified atom stereocenters. The number of nitrogens with one attached hydrogen (secondary N) is 1. The first-order valence-corrected chi connectivity index (χ1v) is 10.3. The Kier molecular flexibility index (Phi) is 6.54. The minimum absolute atomic E-state index is 0.0668. The Bertz CT molecular complexity index is 1250. The van der Waals surface area contributed by atoms with Crippen molar-refractivity contribution in [3.05, 3.63) is 84.2 Å². The van der Waals surface area contributed by atoms with Crippen molar-refractivity contribution in [3.63, 3.8) is 0 Å². The molecule has 1 aromatic heterocycles. The SMILES string of the molecule is COc1cccc(-c2nc(C(=O)NCc3ccc(OC)c(OC)c3)nn2-c2ccccc2)c1. The van der Waals surface area contributed by atoms with Gasteiger partial charge in [0.2, 0.25) is 5.82 Å². The van der Waals surface area contributed by atoms with E-state index in [-0.39, 0.29) is 18.3 Å². The molecule has 1 amide bonds. The molecule has 0 fully saturated rings. The number of para-hydroxylation sites is 1. The molecule has 4 aromatic rings. The molecule has 0 saturated heterocycles. The largest absolute Gasteiger partial charge is 0.497 e. The summed E-state index contributed by atoms with van der Waals surface area (Å²) < 4.78 is 17.6. The lowest BCUT2D eigenvalue weighted by Crippen LogP contribution is -2.24. The van der Waals surface area contributed by atoms with E-state index >= 15 is 0 Å². The summed E-state index contributed by atoms with van der Waals surface area (Å²) in [5.74, 6) is 2.13. The summed E-state index contributed by atoms with van der Waals surface area (Å²) >= 11 is 0. The summed E-state index contributed by atoms with van der Waals surface area (Å²) in [4.78, 5) is 17.5. The van der Waals surface area contributed by atoms with E-state index < -0.39 is 0 Å². The van der Waals surface area contributed by atoms with Gasteiger partial charge >= 0.3 is 0 Å². The fourth-order valence-electron chi connectivity index (χ4n) is 3.36. The van der Waals surface area contributed by atoms with Crippen molar-refractivity contribution in [2.75, 3.05) is 21.3 Å². The van der Waals surface area contributed by atoms with E-state index in [1.54, 1.807) is 32.1 Å². The van der Waals surface area contributed by atoms with Crippen molar-refractivity contribution in [1.29, 1.82) is 0 Å². The Morgan fingerprint density at radius 1 is 0.879 bits per heavy atom. The minimum Gasteiger partial charge on any atom is -0.497 e. The summed E-state index contributed by atoms with van der Waals surface area (Å²) in [5, 5.41) is 7.37. The van der Waals surface area contributed by atoms with Gasteiger partial charge in [-0.1, -0.05) is 36.4 Å². The fourth-order valence-corrected chi connectivity index (χ4v) is 3.36. The molecular formula is C25H24N4O4. The van der Waals surface area contributed by atoms with Gasteiger partial charge in [-0.05, 0) is 42.0 Å². The van der Waals surface area contributed by atoms with Crippen molar-refractivity contribution in [2.45, 2.75) is 6.54 Å². The third-order valence-electron chi connectivity index (χ3n) is 5.04. The Labute approximate surface area is 191 Å². The number of methoxy groups -OCH3 is 3. The molecule has 8 heteroatoms. The van der Waals surface area contributed by atoms with E-state index in [0.29, 0.717) is 23.1 Å². The number of carbonyl (C=O) groups excluding carboxylic acids is 1. The lowest BCUT2D eigenvalue weighted by atomic mass is 10.2. The predicted octanol–water partition coefficient (Wildman–Crippen LogP) is 3.89. The molecule has 33 heavy (non-hydrogen) atoms. The van der Waals surface area contributed by atoms with E-state index in [1.165, 1.54) is 0 Å². The number of amides is 1. The van der Waals surface area contributed by atoms with Crippen LogP contribution in [0.25, 0.3) is 17.1 Å². The van der Waals surface area contributed by atoms with Gasteiger partial charge in [-0.3, -0.25) is 4.79 Å². The van der Waals surface area contributed by atoms with E-state index in [1.807, 2.05) is 66.7 Å². The molecule has 0 spiro atoms. The maximum atomic E-state index is 12.9. The molecule has 8 nitrogen and oxygen atoms in total. The molecule has 4 rings (SSSR count). The Balaban J connectivity index is 1.62. The van der Waals surface area contributed by atoms with Crippen LogP contribution in [-0.2, 0) is 6.54 Å². The van der Waals surface area contributed by atoms with Crippen LogP contribution in [0.3, 0.4) is 0 Å². The van der Waals surface area contributed by atoms with Gasteiger partial charge in [0.1, 0.15) is 5.75 Å². The average molecular weight is 444 g/mol. The van der Waals surface area contributed by atoms with Gasteiger partial charge in [-0.25, -0.2) is 9.67 Å². The molecule has 0 aliphatic heterocycles. The average Bonchev–Trinajstić information content (AvgIpc) is 3.33. The van der Waals surface area contributed by atoms with Crippen LogP contribution in [0.5, 0.6) is 17.2 Å². The van der Waals surface area contributed by atoms with Gasteiger partial charge in [0.15, 0.2) is 17.3 Å². The summed E-state index contributed by atoms with van der Waals surface area (Å²) in [6.07, 6.45) is 0. The quantitative estimate of drug-likeness (QED) is 0.444. The molecule has 0 atom stereocenters. The van der Waals surface area contributed by atoms with Crippen LogP contribution in [0.4, 0.5) is 0 Å². The second-order valence-electron chi connectivity index (χ2n) is 7.11. The number of carbonyl (C=O) groups is 1. The standard InChI is InChI=1S/C25H24N4O4/c1-31-20-11-7-8-18(15-20)24-27-23(28-29(24)19-9-5-4-6-10-19)25(30)26-16-17-12-13-21(32-2)22(14-17)33-3/h4-15H,16H2,1-3H3,(H,26,30). The zero-order chi connectivity index (χ0) is 23.2. The van der Waals surface area contributed by atoms with Gasteiger partial charge in [-0.2, -0.15) is 0 Å². The summed E-state index contributed by atoms with van der Waals surface area (Å²) in [5.41, 5.74) is 2.43. The van der Waals surface area contributed by atoms with E-state index in [9.17, 15) is 4.79 Å². The number of hydrogen-bond donors (Lipinski definition) is 1. The number of ether oxygens (including phenoxy) is 3. The highest BCUT2D eigenvalue weighted by molar-refractivity contribution is 5.91. The molecule has 1 N–H and O–H groups in total. The lowest BCUT2D eigenvalue weighted by molar-refractivity contribution is 0.0940. The monoisotopic (exact) mass is 444 g/mol. The van der Waals surface area contributed by atoms with Crippen LogP contribution in [0.2, 0.25) is 0 Å². The number of benzene rings is 3. The zero-order valence-electron chi connectivity index (χ0n) is 18.6. The van der Waals surface area contributed by atoms with Gasteiger partial charge < -0.3 is 19.5 Å². The third-order valence-corrected chi connectivity index (χ3v) is 5.04.